The van der Waals surface area contributed by atoms with Gasteiger partial charge in [0, 0.05) is 12.6 Å². The quantitative estimate of drug-likeness (QED) is 0.657. The minimum atomic E-state index is -0.0737. The third-order valence-electron chi connectivity index (χ3n) is 3.01. The number of amides is 1. The molecule has 2 nitrogen and oxygen atoms in total. The predicted molar refractivity (Wildman–Crippen MR) is 84.4 cm³/mol. The van der Waals surface area contributed by atoms with Crippen LogP contribution in [0.15, 0.2) is 66.3 Å². The van der Waals surface area contributed by atoms with E-state index in [0.717, 1.165) is 5.56 Å². The fourth-order valence-electron chi connectivity index (χ4n) is 2.02. The van der Waals surface area contributed by atoms with Crippen molar-refractivity contribution in [1.29, 1.82) is 0 Å². The molecule has 0 spiro atoms. The molecule has 2 aromatic rings. The first kappa shape index (κ1) is 14.1. The fourth-order valence-corrected chi connectivity index (χ4v) is 2.02. The minimum Gasteiger partial charge on any atom is -0.348 e. The summed E-state index contributed by atoms with van der Waals surface area (Å²) in [6.07, 6.45) is 5.24. The minimum absolute atomic E-state index is 0.0737. The Balaban J connectivity index is 2.04. The van der Waals surface area contributed by atoms with Crippen LogP contribution in [0.25, 0.3) is 10.8 Å². The van der Waals surface area contributed by atoms with Gasteiger partial charge in [-0.25, -0.2) is 0 Å². The lowest BCUT2D eigenvalue weighted by Crippen LogP contribution is -2.20. The van der Waals surface area contributed by atoms with Gasteiger partial charge in [-0.15, -0.1) is 0 Å². The van der Waals surface area contributed by atoms with E-state index in [0.29, 0.717) is 6.54 Å². The zero-order valence-electron chi connectivity index (χ0n) is 11.9. The molecule has 0 aliphatic carbocycles. The number of fused-ring (bicyclic) bond motifs is 1. The molecule has 2 heteroatoms. The molecule has 0 aliphatic rings. The molecular formula is C18H19NO. The summed E-state index contributed by atoms with van der Waals surface area (Å²) < 4.78 is 0. The molecule has 0 bridgehead atoms. The van der Waals surface area contributed by atoms with E-state index in [9.17, 15) is 4.79 Å². The second-order valence-electron chi connectivity index (χ2n) is 4.96. The maximum Gasteiger partial charge on any atom is 0.244 e. The van der Waals surface area contributed by atoms with Gasteiger partial charge in [-0.05, 0) is 30.2 Å². The van der Waals surface area contributed by atoms with Crippen LogP contribution in [0.3, 0.4) is 0 Å². The van der Waals surface area contributed by atoms with Crippen molar-refractivity contribution in [3.63, 3.8) is 0 Å². The first-order valence-corrected chi connectivity index (χ1v) is 6.73. The van der Waals surface area contributed by atoms with Crippen molar-refractivity contribution in [1.82, 2.24) is 5.32 Å². The third-order valence-corrected chi connectivity index (χ3v) is 3.01. The molecule has 0 aromatic heterocycles. The van der Waals surface area contributed by atoms with Gasteiger partial charge in [-0.3, -0.25) is 4.79 Å². The van der Waals surface area contributed by atoms with Gasteiger partial charge in [-0.1, -0.05) is 60.2 Å². The SMILES string of the molecule is CC(C)=C/C=C/C(=O)NCc1cccc2ccccc12. The molecular weight excluding hydrogens is 246 g/mol. The Morgan fingerprint density at radius 1 is 1.10 bits per heavy atom. The van der Waals surface area contributed by atoms with E-state index >= 15 is 0 Å². The first-order valence-electron chi connectivity index (χ1n) is 6.73. The summed E-state index contributed by atoms with van der Waals surface area (Å²) in [6.45, 7) is 4.54. The molecule has 0 heterocycles. The highest BCUT2D eigenvalue weighted by atomic mass is 16.1. The molecule has 0 unspecified atom stereocenters. The van der Waals surface area contributed by atoms with Gasteiger partial charge in [0.2, 0.25) is 5.91 Å². The average Bonchev–Trinajstić information content (AvgIpc) is 2.44. The van der Waals surface area contributed by atoms with Crippen LogP contribution >= 0.6 is 0 Å². The van der Waals surface area contributed by atoms with E-state index in [4.69, 9.17) is 0 Å². The smallest absolute Gasteiger partial charge is 0.244 e. The van der Waals surface area contributed by atoms with Crippen molar-refractivity contribution in [3.8, 4) is 0 Å². The molecule has 2 aromatic carbocycles. The summed E-state index contributed by atoms with van der Waals surface area (Å²) >= 11 is 0. The molecule has 1 amide bonds. The van der Waals surface area contributed by atoms with Crippen LogP contribution in [0.4, 0.5) is 0 Å². The molecule has 2 rings (SSSR count). The van der Waals surface area contributed by atoms with E-state index in [2.05, 4.69) is 23.5 Å². The monoisotopic (exact) mass is 265 g/mol. The lowest BCUT2D eigenvalue weighted by molar-refractivity contribution is -0.116. The molecule has 1 N–H and O–H groups in total. The Hall–Kier alpha value is -2.35. The van der Waals surface area contributed by atoms with Gasteiger partial charge in [0.25, 0.3) is 0 Å². The summed E-state index contributed by atoms with van der Waals surface area (Å²) in [5.74, 6) is -0.0737. The highest BCUT2D eigenvalue weighted by Gasteiger charge is 2.01. The second-order valence-corrected chi connectivity index (χ2v) is 4.96. The van der Waals surface area contributed by atoms with E-state index < -0.39 is 0 Å². The number of carbonyl (C=O) groups is 1. The van der Waals surface area contributed by atoms with Crippen LogP contribution in [-0.2, 0) is 11.3 Å². The number of benzene rings is 2. The Morgan fingerprint density at radius 2 is 1.85 bits per heavy atom. The van der Waals surface area contributed by atoms with Crippen LogP contribution in [-0.4, -0.2) is 5.91 Å². The molecule has 0 atom stereocenters. The van der Waals surface area contributed by atoms with Crippen LogP contribution in [0.5, 0.6) is 0 Å². The van der Waals surface area contributed by atoms with Crippen molar-refractivity contribution >= 4 is 16.7 Å². The van der Waals surface area contributed by atoms with Gasteiger partial charge in [0.05, 0.1) is 0 Å². The molecule has 20 heavy (non-hydrogen) atoms. The van der Waals surface area contributed by atoms with Crippen LogP contribution < -0.4 is 5.32 Å². The van der Waals surface area contributed by atoms with Gasteiger partial charge in [-0.2, -0.15) is 0 Å². The van der Waals surface area contributed by atoms with Crippen molar-refractivity contribution in [3.05, 3.63) is 71.8 Å². The topological polar surface area (TPSA) is 29.1 Å². The van der Waals surface area contributed by atoms with E-state index in [1.807, 2.05) is 44.2 Å². The normalized spacial score (nSPS) is 10.7. The van der Waals surface area contributed by atoms with Gasteiger partial charge >= 0.3 is 0 Å². The van der Waals surface area contributed by atoms with Crippen LogP contribution in [0.2, 0.25) is 0 Å². The summed E-state index contributed by atoms with van der Waals surface area (Å²) in [4.78, 5) is 11.7. The number of allylic oxidation sites excluding steroid dienone is 3. The Labute approximate surface area is 119 Å². The molecule has 0 saturated heterocycles. The maximum absolute atomic E-state index is 11.7. The van der Waals surface area contributed by atoms with E-state index in [1.165, 1.54) is 16.3 Å². The highest BCUT2D eigenvalue weighted by Crippen LogP contribution is 2.18. The van der Waals surface area contributed by atoms with Crippen molar-refractivity contribution < 1.29 is 4.79 Å². The highest BCUT2D eigenvalue weighted by molar-refractivity contribution is 5.89. The Morgan fingerprint density at radius 3 is 2.65 bits per heavy atom. The lowest BCUT2D eigenvalue weighted by Gasteiger charge is -2.06. The number of hydrogen-bond acceptors (Lipinski definition) is 1. The molecule has 0 aliphatic heterocycles. The first-order chi connectivity index (χ1) is 9.66. The summed E-state index contributed by atoms with van der Waals surface area (Å²) in [7, 11) is 0. The van der Waals surface area contributed by atoms with Crippen LogP contribution in [0, 0.1) is 0 Å². The predicted octanol–water partition coefficient (Wildman–Crippen LogP) is 3.98. The largest absolute Gasteiger partial charge is 0.348 e. The number of rotatable bonds is 4. The summed E-state index contributed by atoms with van der Waals surface area (Å²) in [5, 5.41) is 5.29. The van der Waals surface area contributed by atoms with Crippen molar-refractivity contribution in [2.45, 2.75) is 20.4 Å². The molecule has 102 valence electrons. The van der Waals surface area contributed by atoms with E-state index in [-0.39, 0.29) is 5.91 Å². The number of carbonyl (C=O) groups excluding carboxylic acids is 1. The maximum atomic E-state index is 11.7. The standard InChI is InChI=1S/C18H19NO/c1-14(2)7-5-12-18(20)19-13-16-10-6-9-15-8-3-4-11-17(15)16/h3-12H,13H2,1-2H3,(H,19,20)/b12-5+. The van der Waals surface area contributed by atoms with E-state index in [1.54, 1.807) is 12.2 Å². The van der Waals surface area contributed by atoms with Gasteiger partial charge < -0.3 is 5.32 Å². The Kier molecular flexibility index (Phi) is 4.72. The van der Waals surface area contributed by atoms with Crippen molar-refractivity contribution in [2.75, 3.05) is 0 Å². The number of hydrogen-bond donors (Lipinski definition) is 1. The zero-order chi connectivity index (χ0) is 14.4. The summed E-state index contributed by atoms with van der Waals surface area (Å²) in [5.41, 5.74) is 2.30. The molecule has 0 fully saturated rings. The van der Waals surface area contributed by atoms with Gasteiger partial charge in [0.15, 0.2) is 0 Å². The number of nitrogens with one attached hydrogen (secondary N) is 1. The van der Waals surface area contributed by atoms with Gasteiger partial charge in [0.1, 0.15) is 0 Å². The van der Waals surface area contributed by atoms with Crippen LogP contribution in [0.1, 0.15) is 19.4 Å². The zero-order valence-corrected chi connectivity index (χ0v) is 11.9. The third kappa shape index (κ3) is 3.82. The fraction of sp³-hybridized carbons (Fsp3) is 0.167. The molecule has 0 radical (unpaired) electrons. The second kappa shape index (κ2) is 6.71. The average molecular weight is 265 g/mol. The van der Waals surface area contributed by atoms with Crippen molar-refractivity contribution in [2.24, 2.45) is 0 Å². The molecule has 0 saturated carbocycles. The summed E-state index contributed by atoms with van der Waals surface area (Å²) in [6, 6.07) is 14.3. The Bertz CT molecular complexity index is 659. The lowest BCUT2D eigenvalue weighted by atomic mass is 10.0.